The van der Waals surface area contributed by atoms with Crippen molar-refractivity contribution in [3.05, 3.63) is 100 Å². The van der Waals surface area contributed by atoms with Crippen LogP contribution in [-0.2, 0) is 16.2 Å². The smallest absolute Gasteiger partial charge is 0.268 e. The summed E-state index contributed by atoms with van der Waals surface area (Å²) in [5.74, 6) is -1.42. The molecule has 1 atom stereocenters. The number of rotatable bonds is 3. The van der Waals surface area contributed by atoms with Crippen molar-refractivity contribution < 1.29 is 18.4 Å². The van der Waals surface area contributed by atoms with Crippen molar-refractivity contribution in [2.45, 2.75) is 25.3 Å². The third kappa shape index (κ3) is 3.33. The number of anilines is 1. The van der Waals surface area contributed by atoms with Gasteiger partial charge in [-0.25, -0.2) is 8.78 Å². The van der Waals surface area contributed by atoms with Gasteiger partial charge in [-0.1, -0.05) is 41.5 Å². The summed E-state index contributed by atoms with van der Waals surface area (Å²) < 4.78 is 28.9. The molecule has 7 heteroatoms. The van der Waals surface area contributed by atoms with Crippen molar-refractivity contribution in [3.63, 3.8) is 0 Å². The highest BCUT2D eigenvalue weighted by Crippen LogP contribution is 2.55. The monoisotopic (exact) mass is 464 g/mol. The molecule has 2 aliphatic rings. The lowest BCUT2D eigenvalue weighted by Gasteiger charge is -2.33. The molecular weight excluding hydrogens is 442 g/mol. The van der Waals surface area contributed by atoms with Gasteiger partial charge in [-0.2, -0.15) is 0 Å². The van der Waals surface area contributed by atoms with Crippen molar-refractivity contribution in [2.24, 2.45) is 0 Å². The predicted molar refractivity (Wildman–Crippen MR) is 125 cm³/mol. The zero-order valence-electron chi connectivity index (χ0n) is 18.3. The van der Waals surface area contributed by atoms with Crippen LogP contribution < -0.4 is 4.90 Å². The minimum Gasteiger partial charge on any atom is -0.311 e. The quantitative estimate of drug-likeness (QED) is 0.537. The predicted octanol–water partition coefficient (Wildman–Crippen LogP) is 5.17. The number of carbonyl (C=O) groups excluding carboxylic acids is 2. The fourth-order valence-electron chi connectivity index (χ4n) is 4.58. The second-order valence-corrected chi connectivity index (χ2v) is 9.72. The highest BCUT2D eigenvalue weighted by Gasteiger charge is 2.59. The van der Waals surface area contributed by atoms with E-state index < -0.39 is 16.5 Å². The van der Waals surface area contributed by atoms with Crippen LogP contribution in [0.15, 0.2) is 60.7 Å². The fraction of sp³-hybridized carbons (Fsp3) is 0.231. The molecule has 1 saturated heterocycles. The van der Waals surface area contributed by atoms with Crippen LogP contribution >= 0.6 is 11.8 Å². The van der Waals surface area contributed by atoms with E-state index in [0.29, 0.717) is 29.1 Å². The van der Waals surface area contributed by atoms with E-state index in [-0.39, 0.29) is 23.9 Å². The Morgan fingerprint density at radius 2 is 1.67 bits per heavy atom. The molecule has 168 valence electrons. The lowest BCUT2D eigenvalue weighted by Crippen LogP contribution is -2.50. The molecule has 2 amide bonds. The normalized spacial score (nSPS) is 19.5. The number of benzene rings is 3. The molecule has 3 aromatic carbocycles. The third-order valence-corrected chi connectivity index (χ3v) is 7.69. The molecule has 0 aliphatic carbocycles. The second-order valence-electron chi connectivity index (χ2n) is 8.43. The van der Waals surface area contributed by atoms with E-state index >= 15 is 0 Å². The number of fused-ring (bicyclic) bond motifs is 2. The molecule has 0 N–H and O–H groups in total. The van der Waals surface area contributed by atoms with E-state index in [9.17, 15) is 18.4 Å². The molecule has 0 radical (unpaired) electrons. The minimum atomic E-state index is -1.26. The number of hydrogen-bond acceptors (Lipinski definition) is 3. The Morgan fingerprint density at radius 3 is 2.36 bits per heavy atom. The first-order valence-corrected chi connectivity index (χ1v) is 11.7. The van der Waals surface area contributed by atoms with Gasteiger partial charge in [-0.05, 0) is 44.2 Å². The molecule has 1 fully saturated rings. The van der Waals surface area contributed by atoms with E-state index in [1.54, 1.807) is 23.1 Å². The summed E-state index contributed by atoms with van der Waals surface area (Å²) in [6.45, 7) is 4.02. The summed E-state index contributed by atoms with van der Waals surface area (Å²) in [5, 5.41) is 0. The third-order valence-electron chi connectivity index (χ3n) is 6.27. The van der Waals surface area contributed by atoms with Crippen molar-refractivity contribution in [1.82, 2.24) is 4.90 Å². The molecule has 0 saturated carbocycles. The Kier molecular flexibility index (Phi) is 5.24. The molecule has 4 nitrogen and oxygen atoms in total. The van der Waals surface area contributed by atoms with Gasteiger partial charge in [-0.3, -0.25) is 9.59 Å². The van der Waals surface area contributed by atoms with Crippen molar-refractivity contribution in [2.75, 3.05) is 17.2 Å². The van der Waals surface area contributed by atoms with Crippen LogP contribution in [0.2, 0.25) is 0 Å². The van der Waals surface area contributed by atoms with Crippen LogP contribution in [0.5, 0.6) is 0 Å². The highest BCUT2D eigenvalue weighted by atomic mass is 32.2. The molecule has 0 unspecified atom stereocenters. The molecule has 0 aromatic heterocycles. The van der Waals surface area contributed by atoms with Crippen molar-refractivity contribution in [3.8, 4) is 0 Å². The minimum absolute atomic E-state index is 0.172. The van der Waals surface area contributed by atoms with E-state index in [0.717, 1.165) is 11.1 Å². The van der Waals surface area contributed by atoms with Gasteiger partial charge in [0.2, 0.25) is 0 Å². The maximum absolute atomic E-state index is 14.5. The van der Waals surface area contributed by atoms with Crippen LogP contribution in [-0.4, -0.2) is 29.0 Å². The topological polar surface area (TPSA) is 40.6 Å². The Bertz CT molecular complexity index is 1260. The molecule has 3 aromatic rings. The van der Waals surface area contributed by atoms with Crippen LogP contribution in [0.4, 0.5) is 14.5 Å². The second kappa shape index (κ2) is 7.99. The number of amides is 2. The van der Waals surface area contributed by atoms with E-state index in [1.807, 2.05) is 38.1 Å². The summed E-state index contributed by atoms with van der Waals surface area (Å²) in [7, 11) is 0. The number of aryl methyl sites for hydroxylation is 2. The first-order chi connectivity index (χ1) is 15.8. The summed E-state index contributed by atoms with van der Waals surface area (Å²) in [6.07, 6.45) is 0. The fourth-order valence-corrected chi connectivity index (χ4v) is 6.03. The highest BCUT2D eigenvalue weighted by molar-refractivity contribution is 8.01. The molecule has 0 bridgehead atoms. The Labute approximate surface area is 195 Å². The first kappa shape index (κ1) is 21.6. The lowest BCUT2D eigenvalue weighted by molar-refractivity contribution is -0.123. The molecule has 33 heavy (non-hydrogen) atoms. The Morgan fingerprint density at radius 1 is 1.00 bits per heavy atom. The number of hydrogen-bond donors (Lipinski definition) is 0. The van der Waals surface area contributed by atoms with Crippen LogP contribution in [0, 0.1) is 25.5 Å². The average molecular weight is 465 g/mol. The maximum atomic E-state index is 14.5. The summed E-state index contributed by atoms with van der Waals surface area (Å²) in [4.78, 5) is 29.3. The molecule has 5 rings (SSSR count). The molecule has 2 aliphatic heterocycles. The van der Waals surface area contributed by atoms with E-state index in [4.69, 9.17) is 0 Å². The number of thioether (sulfide) groups is 1. The van der Waals surface area contributed by atoms with Crippen LogP contribution in [0.25, 0.3) is 0 Å². The summed E-state index contributed by atoms with van der Waals surface area (Å²) >= 11 is 1.40. The molecule has 1 spiro atoms. The SMILES string of the molecule is Cc1ccc(C(=O)N2CCS[C@]23C(=O)N(Cc2c(F)cccc2F)c2ccc(C)cc23)cc1. The van der Waals surface area contributed by atoms with Gasteiger partial charge in [0.15, 0.2) is 4.87 Å². The lowest BCUT2D eigenvalue weighted by atomic mass is 10.0. The maximum Gasteiger partial charge on any atom is 0.268 e. The molecule has 2 heterocycles. The number of nitrogens with zero attached hydrogens (tertiary/aromatic N) is 2. The van der Waals surface area contributed by atoms with Crippen LogP contribution in [0.3, 0.4) is 0 Å². The van der Waals surface area contributed by atoms with Gasteiger partial charge >= 0.3 is 0 Å². The van der Waals surface area contributed by atoms with Crippen molar-refractivity contribution in [1.29, 1.82) is 0 Å². The number of halogens is 2. The Hall–Kier alpha value is -3.19. The standard InChI is InChI=1S/C26H22F2N2O2S/c1-16-6-9-18(10-7-16)24(31)30-12-13-33-26(30)20-14-17(2)8-11-23(20)29(25(26)32)15-19-21(27)4-3-5-22(19)28/h3-11,14H,12-13,15H2,1-2H3/t26-/m1/s1. The van der Waals surface area contributed by atoms with E-state index in [2.05, 4.69) is 0 Å². The zero-order chi connectivity index (χ0) is 23.3. The Balaban J connectivity index is 1.61. The van der Waals surface area contributed by atoms with Gasteiger partial charge in [0.25, 0.3) is 11.8 Å². The van der Waals surface area contributed by atoms with Gasteiger partial charge in [0, 0.05) is 29.0 Å². The summed E-state index contributed by atoms with van der Waals surface area (Å²) in [6, 6.07) is 16.5. The zero-order valence-corrected chi connectivity index (χ0v) is 19.1. The number of carbonyl (C=O) groups is 2. The first-order valence-electron chi connectivity index (χ1n) is 10.7. The van der Waals surface area contributed by atoms with Crippen molar-refractivity contribution >= 4 is 29.3 Å². The van der Waals surface area contributed by atoms with Gasteiger partial charge < -0.3 is 9.80 Å². The van der Waals surface area contributed by atoms with Crippen LogP contribution in [0.1, 0.15) is 32.6 Å². The average Bonchev–Trinajstić information content (AvgIpc) is 3.33. The summed E-state index contributed by atoms with van der Waals surface area (Å²) in [5.41, 5.74) is 3.57. The van der Waals surface area contributed by atoms with Gasteiger partial charge in [0.1, 0.15) is 11.6 Å². The van der Waals surface area contributed by atoms with Gasteiger partial charge in [0.05, 0.1) is 12.2 Å². The molecular formula is C26H22F2N2O2S. The largest absolute Gasteiger partial charge is 0.311 e. The van der Waals surface area contributed by atoms with Gasteiger partial charge in [-0.15, -0.1) is 11.8 Å². The van der Waals surface area contributed by atoms with E-state index in [1.165, 1.54) is 34.9 Å².